The lowest BCUT2D eigenvalue weighted by atomic mass is 9.98. The maximum atomic E-state index is 11.6. The molecule has 0 radical (unpaired) electrons. The summed E-state index contributed by atoms with van der Waals surface area (Å²) in [5.41, 5.74) is 7.44. The molecule has 1 aromatic carbocycles. The molecule has 1 unspecified atom stereocenters. The summed E-state index contributed by atoms with van der Waals surface area (Å²) >= 11 is 0. The standard InChI is InChI=1S/C14H21NO3/c1-11(12-4-6-13(15)7-5-12)10-14(16)18-9-3-8-17-2/h4-7,11H,3,8-10,15H2,1-2H3. The first-order valence-corrected chi connectivity index (χ1v) is 6.13. The van der Waals surface area contributed by atoms with Crippen molar-refractivity contribution in [2.45, 2.75) is 25.7 Å². The molecule has 100 valence electrons. The minimum atomic E-state index is -0.171. The zero-order valence-corrected chi connectivity index (χ0v) is 11.0. The Morgan fingerprint density at radius 3 is 2.56 bits per heavy atom. The summed E-state index contributed by atoms with van der Waals surface area (Å²) in [6.45, 7) is 3.03. The third-order valence-electron chi connectivity index (χ3n) is 2.73. The highest BCUT2D eigenvalue weighted by molar-refractivity contribution is 5.70. The van der Waals surface area contributed by atoms with E-state index in [0.717, 1.165) is 17.7 Å². The number of carbonyl (C=O) groups is 1. The molecule has 0 heterocycles. The SMILES string of the molecule is COCCCOC(=O)CC(C)c1ccc(N)cc1. The van der Waals surface area contributed by atoms with Gasteiger partial charge in [0.1, 0.15) is 0 Å². The summed E-state index contributed by atoms with van der Waals surface area (Å²) in [6.07, 6.45) is 1.12. The number of nitrogen functional groups attached to an aromatic ring is 1. The van der Waals surface area contributed by atoms with Gasteiger partial charge in [-0.3, -0.25) is 4.79 Å². The van der Waals surface area contributed by atoms with E-state index in [2.05, 4.69) is 0 Å². The zero-order chi connectivity index (χ0) is 13.4. The molecule has 2 N–H and O–H groups in total. The van der Waals surface area contributed by atoms with Crippen LogP contribution < -0.4 is 5.73 Å². The maximum Gasteiger partial charge on any atom is 0.306 e. The van der Waals surface area contributed by atoms with Crippen molar-refractivity contribution in [2.24, 2.45) is 0 Å². The van der Waals surface area contributed by atoms with Crippen LogP contribution in [-0.4, -0.2) is 26.3 Å². The molecule has 1 atom stereocenters. The highest BCUT2D eigenvalue weighted by atomic mass is 16.5. The molecule has 0 aliphatic carbocycles. The van der Waals surface area contributed by atoms with Crippen molar-refractivity contribution in [3.63, 3.8) is 0 Å². The van der Waals surface area contributed by atoms with Crippen molar-refractivity contribution in [1.29, 1.82) is 0 Å². The molecule has 0 amide bonds. The first kappa shape index (κ1) is 14.5. The Kier molecular flexibility index (Phi) is 6.22. The summed E-state index contributed by atoms with van der Waals surface area (Å²) < 4.78 is 10.00. The van der Waals surface area contributed by atoms with E-state index in [-0.39, 0.29) is 11.9 Å². The topological polar surface area (TPSA) is 61.5 Å². The molecule has 0 aliphatic rings. The Bertz CT molecular complexity index is 362. The average molecular weight is 251 g/mol. The van der Waals surface area contributed by atoms with Gasteiger partial charge in [0.05, 0.1) is 13.0 Å². The predicted octanol–water partition coefficient (Wildman–Crippen LogP) is 2.34. The molecular weight excluding hydrogens is 230 g/mol. The summed E-state index contributed by atoms with van der Waals surface area (Å²) in [4.78, 5) is 11.6. The molecule has 0 aromatic heterocycles. The van der Waals surface area contributed by atoms with Crippen LogP contribution in [0.15, 0.2) is 24.3 Å². The van der Waals surface area contributed by atoms with Gasteiger partial charge in [-0.25, -0.2) is 0 Å². The first-order valence-electron chi connectivity index (χ1n) is 6.13. The second kappa shape index (κ2) is 7.71. The van der Waals surface area contributed by atoms with Gasteiger partial charge < -0.3 is 15.2 Å². The van der Waals surface area contributed by atoms with E-state index >= 15 is 0 Å². The smallest absolute Gasteiger partial charge is 0.306 e. The molecule has 0 aliphatic heterocycles. The van der Waals surface area contributed by atoms with Gasteiger partial charge in [-0.1, -0.05) is 19.1 Å². The van der Waals surface area contributed by atoms with Crippen molar-refractivity contribution in [3.05, 3.63) is 29.8 Å². The highest BCUT2D eigenvalue weighted by Crippen LogP contribution is 2.20. The van der Waals surface area contributed by atoms with Gasteiger partial charge in [0, 0.05) is 25.8 Å². The van der Waals surface area contributed by atoms with Crippen LogP contribution in [0.4, 0.5) is 5.69 Å². The number of hydrogen-bond acceptors (Lipinski definition) is 4. The quantitative estimate of drug-likeness (QED) is 0.459. The number of nitrogens with two attached hydrogens (primary N) is 1. The van der Waals surface area contributed by atoms with Crippen molar-refractivity contribution in [3.8, 4) is 0 Å². The molecule has 4 nitrogen and oxygen atoms in total. The molecule has 0 spiro atoms. The molecule has 0 bridgehead atoms. The van der Waals surface area contributed by atoms with Gasteiger partial charge in [0.15, 0.2) is 0 Å². The molecular formula is C14H21NO3. The lowest BCUT2D eigenvalue weighted by molar-refractivity contribution is -0.144. The normalized spacial score (nSPS) is 12.1. The van der Waals surface area contributed by atoms with E-state index in [1.165, 1.54) is 0 Å². The second-order valence-electron chi connectivity index (χ2n) is 4.34. The van der Waals surface area contributed by atoms with Gasteiger partial charge >= 0.3 is 5.97 Å². The van der Waals surface area contributed by atoms with E-state index in [1.807, 2.05) is 31.2 Å². The zero-order valence-electron chi connectivity index (χ0n) is 11.0. The lowest BCUT2D eigenvalue weighted by Crippen LogP contribution is -2.10. The largest absolute Gasteiger partial charge is 0.466 e. The van der Waals surface area contributed by atoms with Gasteiger partial charge in [-0.2, -0.15) is 0 Å². The van der Waals surface area contributed by atoms with E-state index in [1.54, 1.807) is 7.11 Å². The highest BCUT2D eigenvalue weighted by Gasteiger charge is 2.12. The molecule has 0 fully saturated rings. The number of hydrogen-bond donors (Lipinski definition) is 1. The third kappa shape index (κ3) is 5.19. The molecule has 1 aromatic rings. The number of ether oxygens (including phenoxy) is 2. The van der Waals surface area contributed by atoms with E-state index < -0.39 is 0 Å². The van der Waals surface area contributed by atoms with E-state index in [9.17, 15) is 4.79 Å². The van der Waals surface area contributed by atoms with Gasteiger partial charge in [-0.15, -0.1) is 0 Å². The molecule has 4 heteroatoms. The number of methoxy groups -OCH3 is 1. The minimum absolute atomic E-state index is 0.139. The van der Waals surface area contributed by atoms with Crippen LogP contribution in [0.5, 0.6) is 0 Å². The summed E-state index contributed by atoms with van der Waals surface area (Å²) in [5.74, 6) is -0.0315. The number of esters is 1. The maximum absolute atomic E-state index is 11.6. The van der Waals surface area contributed by atoms with Gasteiger partial charge in [0.25, 0.3) is 0 Å². The minimum Gasteiger partial charge on any atom is -0.466 e. The van der Waals surface area contributed by atoms with Gasteiger partial charge in [0.2, 0.25) is 0 Å². The van der Waals surface area contributed by atoms with Crippen molar-refractivity contribution >= 4 is 11.7 Å². The summed E-state index contributed by atoms with van der Waals surface area (Å²) in [6, 6.07) is 7.57. The number of anilines is 1. The van der Waals surface area contributed by atoms with Gasteiger partial charge in [-0.05, 0) is 23.6 Å². The Labute approximate surface area is 108 Å². The van der Waals surface area contributed by atoms with Crippen LogP contribution in [-0.2, 0) is 14.3 Å². The summed E-state index contributed by atoms with van der Waals surface area (Å²) in [5, 5.41) is 0. The number of carbonyl (C=O) groups excluding carboxylic acids is 1. The fourth-order valence-corrected chi connectivity index (χ4v) is 1.64. The van der Waals surface area contributed by atoms with Crippen LogP contribution in [0.2, 0.25) is 0 Å². The number of benzene rings is 1. The predicted molar refractivity (Wildman–Crippen MR) is 71.3 cm³/mol. The lowest BCUT2D eigenvalue weighted by Gasteiger charge is -2.11. The Morgan fingerprint density at radius 2 is 1.94 bits per heavy atom. The average Bonchev–Trinajstić information content (AvgIpc) is 2.35. The monoisotopic (exact) mass is 251 g/mol. The van der Waals surface area contributed by atoms with Crippen molar-refractivity contribution in [1.82, 2.24) is 0 Å². The van der Waals surface area contributed by atoms with E-state index in [4.69, 9.17) is 15.2 Å². The molecule has 1 rings (SSSR count). The fourth-order valence-electron chi connectivity index (χ4n) is 1.64. The molecule has 0 saturated carbocycles. The Hall–Kier alpha value is -1.55. The van der Waals surface area contributed by atoms with Crippen LogP contribution in [0, 0.1) is 0 Å². The molecule has 18 heavy (non-hydrogen) atoms. The second-order valence-corrected chi connectivity index (χ2v) is 4.34. The summed E-state index contributed by atoms with van der Waals surface area (Å²) in [7, 11) is 1.63. The van der Waals surface area contributed by atoms with Crippen molar-refractivity contribution in [2.75, 3.05) is 26.1 Å². The Morgan fingerprint density at radius 1 is 1.28 bits per heavy atom. The van der Waals surface area contributed by atoms with Crippen LogP contribution in [0.3, 0.4) is 0 Å². The van der Waals surface area contributed by atoms with Crippen LogP contribution >= 0.6 is 0 Å². The number of rotatable bonds is 7. The third-order valence-corrected chi connectivity index (χ3v) is 2.73. The first-order chi connectivity index (χ1) is 8.63. The van der Waals surface area contributed by atoms with Crippen molar-refractivity contribution < 1.29 is 14.3 Å². The van der Waals surface area contributed by atoms with Crippen LogP contribution in [0.25, 0.3) is 0 Å². The Balaban J connectivity index is 2.33. The van der Waals surface area contributed by atoms with E-state index in [0.29, 0.717) is 19.6 Å². The fraction of sp³-hybridized carbons (Fsp3) is 0.500. The van der Waals surface area contributed by atoms with Crippen LogP contribution in [0.1, 0.15) is 31.2 Å². The molecule has 0 saturated heterocycles.